The predicted molar refractivity (Wildman–Crippen MR) is 94.5 cm³/mol. The minimum atomic E-state index is -0.272. The lowest BCUT2D eigenvalue weighted by atomic mass is 9.95. The van der Waals surface area contributed by atoms with Crippen LogP contribution in [0, 0.1) is 11.7 Å². The highest BCUT2D eigenvalue weighted by atomic mass is 35.5. The molecule has 2 aromatic rings. The molecule has 1 amide bonds. The van der Waals surface area contributed by atoms with Gasteiger partial charge in [-0.1, -0.05) is 35.9 Å². The fourth-order valence-corrected chi connectivity index (χ4v) is 3.25. The van der Waals surface area contributed by atoms with Crippen molar-refractivity contribution in [3.63, 3.8) is 0 Å². The monoisotopic (exact) mass is 346 g/mol. The Hall–Kier alpha value is -1.91. The molecule has 1 heterocycles. The lowest BCUT2D eigenvalue weighted by Crippen LogP contribution is -2.38. The zero-order valence-corrected chi connectivity index (χ0v) is 14.1. The van der Waals surface area contributed by atoms with Gasteiger partial charge in [0.15, 0.2) is 0 Å². The number of piperidine rings is 1. The topological polar surface area (TPSA) is 32.3 Å². The molecule has 0 aliphatic carbocycles. The Bertz CT molecular complexity index is 680. The zero-order chi connectivity index (χ0) is 16.9. The number of para-hydroxylation sites is 1. The zero-order valence-electron chi connectivity index (χ0n) is 13.3. The summed E-state index contributed by atoms with van der Waals surface area (Å²) < 4.78 is 13.9. The summed E-state index contributed by atoms with van der Waals surface area (Å²) in [5, 5.41) is 3.41. The van der Waals surface area contributed by atoms with Gasteiger partial charge < -0.3 is 5.32 Å². The van der Waals surface area contributed by atoms with E-state index in [1.807, 2.05) is 30.3 Å². The van der Waals surface area contributed by atoms with E-state index in [0.29, 0.717) is 17.1 Å². The summed E-state index contributed by atoms with van der Waals surface area (Å²) in [7, 11) is 0. The lowest BCUT2D eigenvalue weighted by Gasteiger charge is -2.31. The number of likely N-dealkylation sites (tertiary alicyclic amines) is 1. The van der Waals surface area contributed by atoms with E-state index in [4.69, 9.17) is 11.6 Å². The van der Waals surface area contributed by atoms with Crippen molar-refractivity contribution >= 4 is 23.2 Å². The molecule has 1 saturated heterocycles. The van der Waals surface area contributed by atoms with Crippen molar-refractivity contribution in [2.45, 2.75) is 19.4 Å². The van der Waals surface area contributed by atoms with Crippen LogP contribution in [0.3, 0.4) is 0 Å². The molecular weight excluding hydrogens is 327 g/mol. The molecule has 1 aliphatic rings. The SMILES string of the molecule is O=C(Nc1ccccc1)C1CCN(Cc2c(F)cccc2Cl)CC1. The summed E-state index contributed by atoms with van der Waals surface area (Å²) in [4.78, 5) is 14.5. The third-order valence-corrected chi connectivity index (χ3v) is 4.80. The van der Waals surface area contributed by atoms with Crippen molar-refractivity contribution < 1.29 is 9.18 Å². The fraction of sp³-hybridized carbons (Fsp3) is 0.316. The van der Waals surface area contributed by atoms with Crippen LogP contribution < -0.4 is 5.32 Å². The number of nitrogens with one attached hydrogen (secondary N) is 1. The highest BCUT2D eigenvalue weighted by Gasteiger charge is 2.25. The first-order valence-electron chi connectivity index (χ1n) is 8.14. The van der Waals surface area contributed by atoms with Crippen LogP contribution in [-0.2, 0) is 11.3 Å². The summed E-state index contributed by atoms with van der Waals surface area (Å²) in [5.74, 6) is -0.214. The molecule has 3 nitrogen and oxygen atoms in total. The van der Waals surface area contributed by atoms with E-state index >= 15 is 0 Å². The summed E-state index contributed by atoms with van der Waals surface area (Å²) >= 11 is 6.09. The van der Waals surface area contributed by atoms with Gasteiger partial charge in [-0.3, -0.25) is 9.69 Å². The highest BCUT2D eigenvalue weighted by molar-refractivity contribution is 6.31. The Morgan fingerprint density at radius 3 is 2.50 bits per heavy atom. The molecule has 1 fully saturated rings. The number of carbonyl (C=O) groups excluding carboxylic acids is 1. The van der Waals surface area contributed by atoms with Crippen LogP contribution in [-0.4, -0.2) is 23.9 Å². The van der Waals surface area contributed by atoms with Gasteiger partial charge in [0.05, 0.1) is 0 Å². The number of hydrogen-bond donors (Lipinski definition) is 1. The van der Waals surface area contributed by atoms with Gasteiger partial charge in [-0.25, -0.2) is 4.39 Å². The van der Waals surface area contributed by atoms with Crippen LogP contribution in [0.25, 0.3) is 0 Å². The first-order chi connectivity index (χ1) is 11.6. The molecule has 24 heavy (non-hydrogen) atoms. The number of anilines is 1. The Morgan fingerprint density at radius 2 is 1.83 bits per heavy atom. The second-order valence-electron chi connectivity index (χ2n) is 6.11. The molecule has 0 saturated carbocycles. The van der Waals surface area contributed by atoms with Crippen molar-refractivity contribution in [2.24, 2.45) is 5.92 Å². The van der Waals surface area contributed by atoms with E-state index in [0.717, 1.165) is 31.6 Å². The van der Waals surface area contributed by atoms with Crippen LogP contribution >= 0.6 is 11.6 Å². The van der Waals surface area contributed by atoms with Crippen molar-refractivity contribution in [3.05, 3.63) is 64.9 Å². The highest BCUT2D eigenvalue weighted by Crippen LogP contribution is 2.25. The van der Waals surface area contributed by atoms with Gasteiger partial charge in [0.25, 0.3) is 0 Å². The molecule has 1 aliphatic heterocycles. The van der Waals surface area contributed by atoms with Gasteiger partial charge >= 0.3 is 0 Å². The molecular formula is C19H20ClFN2O. The van der Waals surface area contributed by atoms with Gasteiger partial charge in [0.2, 0.25) is 5.91 Å². The third-order valence-electron chi connectivity index (χ3n) is 4.44. The average molecular weight is 347 g/mol. The maximum atomic E-state index is 13.9. The molecule has 126 valence electrons. The number of rotatable bonds is 4. The van der Waals surface area contributed by atoms with Crippen LogP contribution in [0.4, 0.5) is 10.1 Å². The Balaban J connectivity index is 1.53. The van der Waals surface area contributed by atoms with Gasteiger partial charge in [-0.2, -0.15) is 0 Å². The molecule has 5 heteroatoms. The van der Waals surface area contributed by atoms with E-state index in [1.165, 1.54) is 6.07 Å². The van der Waals surface area contributed by atoms with E-state index < -0.39 is 0 Å². The maximum Gasteiger partial charge on any atom is 0.227 e. The predicted octanol–water partition coefficient (Wildman–Crippen LogP) is 4.33. The first kappa shape index (κ1) is 16.9. The Labute approximate surface area is 146 Å². The van der Waals surface area contributed by atoms with Gasteiger partial charge in [-0.05, 0) is 50.2 Å². The van der Waals surface area contributed by atoms with Crippen LogP contribution in [0.15, 0.2) is 48.5 Å². The van der Waals surface area contributed by atoms with E-state index in [9.17, 15) is 9.18 Å². The Kier molecular flexibility index (Phi) is 5.48. The molecule has 2 aromatic carbocycles. The number of nitrogens with zero attached hydrogens (tertiary/aromatic N) is 1. The number of benzene rings is 2. The van der Waals surface area contributed by atoms with Crippen molar-refractivity contribution in [1.82, 2.24) is 4.90 Å². The molecule has 3 rings (SSSR count). The molecule has 0 bridgehead atoms. The van der Waals surface area contributed by atoms with Crippen LogP contribution in [0.5, 0.6) is 0 Å². The van der Waals surface area contributed by atoms with E-state index in [1.54, 1.807) is 12.1 Å². The second kappa shape index (κ2) is 7.77. The standard InChI is InChI=1S/C19H20ClFN2O/c20-17-7-4-8-18(21)16(17)13-23-11-9-14(10-12-23)19(24)22-15-5-2-1-3-6-15/h1-8,14H,9-13H2,(H,22,24). The number of halogens is 2. The minimum absolute atomic E-state index is 0.00227. The van der Waals surface area contributed by atoms with Gasteiger partial charge in [-0.15, -0.1) is 0 Å². The number of amides is 1. The molecule has 0 unspecified atom stereocenters. The van der Waals surface area contributed by atoms with E-state index in [-0.39, 0.29) is 17.6 Å². The third kappa shape index (κ3) is 4.13. The van der Waals surface area contributed by atoms with Gasteiger partial charge in [0, 0.05) is 28.7 Å². The normalized spacial score (nSPS) is 16.1. The lowest BCUT2D eigenvalue weighted by molar-refractivity contribution is -0.121. The summed E-state index contributed by atoms with van der Waals surface area (Å²) in [5.41, 5.74) is 1.36. The molecule has 1 N–H and O–H groups in total. The largest absolute Gasteiger partial charge is 0.326 e. The summed E-state index contributed by atoms with van der Waals surface area (Å²) in [6, 6.07) is 14.2. The minimum Gasteiger partial charge on any atom is -0.326 e. The quantitative estimate of drug-likeness (QED) is 0.893. The van der Waals surface area contributed by atoms with Crippen molar-refractivity contribution in [2.75, 3.05) is 18.4 Å². The van der Waals surface area contributed by atoms with Crippen molar-refractivity contribution in [3.8, 4) is 0 Å². The Morgan fingerprint density at radius 1 is 1.12 bits per heavy atom. The summed E-state index contributed by atoms with van der Waals surface area (Å²) in [6.07, 6.45) is 1.54. The number of carbonyl (C=O) groups is 1. The number of hydrogen-bond acceptors (Lipinski definition) is 2. The van der Waals surface area contributed by atoms with Crippen molar-refractivity contribution in [1.29, 1.82) is 0 Å². The smallest absolute Gasteiger partial charge is 0.227 e. The molecule has 0 spiro atoms. The van der Waals surface area contributed by atoms with Crippen LogP contribution in [0.2, 0.25) is 5.02 Å². The van der Waals surface area contributed by atoms with Crippen LogP contribution in [0.1, 0.15) is 18.4 Å². The molecule has 0 atom stereocenters. The average Bonchev–Trinajstić information content (AvgIpc) is 2.60. The van der Waals surface area contributed by atoms with Gasteiger partial charge in [0.1, 0.15) is 5.82 Å². The van der Waals surface area contributed by atoms with E-state index in [2.05, 4.69) is 10.2 Å². The fourth-order valence-electron chi connectivity index (χ4n) is 3.03. The molecule has 0 aromatic heterocycles. The summed E-state index contributed by atoms with van der Waals surface area (Å²) in [6.45, 7) is 2.01. The maximum absolute atomic E-state index is 13.9. The molecule has 0 radical (unpaired) electrons. The first-order valence-corrected chi connectivity index (χ1v) is 8.52. The second-order valence-corrected chi connectivity index (χ2v) is 6.51.